The molecule has 2 aliphatic heterocycles. The minimum absolute atomic E-state index is 0.112. The molecule has 0 bridgehead atoms. The van der Waals surface area contributed by atoms with Gasteiger partial charge < -0.3 is 14.9 Å². The molecule has 0 aromatic heterocycles. The number of aliphatic hydroxyl groups excluding tert-OH is 1. The van der Waals surface area contributed by atoms with Crippen molar-refractivity contribution in [1.29, 1.82) is 0 Å². The predicted molar refractivity (Wildman–Crippen MR) is 78.3 cm³/mol. The molecule has 5 nitrogen and oxygen atoms in total. The van der Waals surface area contributed by atoms with E-state index in [0.29, 0.717) is 31.3 Å². The molecule has 5 heteroatoms. The van der Waals surface area contributed by atoms with Crippen molar-refractivity contribution >= 4 is 11.8 Å². The first-order chi connectivity index (χ1) is 9.95. The highest BCUT2D eigenvalue weighted by atomic mass is 16.3. The monoisotopic (exact) mass is 294 g/mol. The third-order valence-corrected chi connectivity index (χ3v) is 5.28. The maximum atomic E-state index is 12.6. The molecule has 0 spiro atoms. The molecule has 2 heterocycles. The lowest BCUT2D eigenvalue weighted by Crippen LogP contribution is -2.37. The molecule has 1 N–H and O–H groups in total. The lowest BCUT2D eigenvalue weighted by molar-refractivity contribution is -0.135. The van der Waals surface area contributed by atoms with Gasteiger partial charge in [-0.3, -0.25) is 9.59 Å². The Labute approximate surface area is 126 Å². The molecule has 2 amide bonds. The summed E-state index contributed by atoms with van der Waals surface area (Å²) >= 11 is 0. The summed E-state index contributed by atoms with van der Waals surface area (Å²) in [7, 11) is 0. The molecule has 1 aliphatic carbocycles. The zero-order valence-electron chi connectivity index (χ0n) is 13.0. The Bertz CT molecular complexity index is 437. The van der Waals surface area contributed by atoms with Crippen LogP contribution in [0, 0.1) is 23.7 Å². The van der Waals surface area contributed by atoms with Gasteiger partial charge in [0.25, 0.3) is 0 Å². The summed E-state index contributed by atoms with van der Waals surface area (Å²) in [5.74, 6) is 1.22. The van der Waals surface area contributed by atoms with E-state index in [1.54, 1.807) is 0 Å². The van der Waals surface area contributed by atoms with Crippen molar-refractivity contribution in [3.05, 3.63) is 0 Å². The number of carbonyl (C=O) groups is 2. The van der Waals surface area contributed by atoms with Gasteiger partial charge in [0.05, 0.1) is 12.0 Å². The van der Waals surface area contributed by atoms with Crippen LogP contribution in [0.3, 0.4) is 0 Å². The molecule has 4 atom stereocenters. The Morgan fingerprint density at radius 1 is 1.29 bits per heavy atom. The second-order valence-corrected chi connectivity index (χ2v) is 7.41. The van der Waals surface area contributed by atoms with Gasteiger partial charge in [0.2, 0.25) is 11.8 Å². The zero-order chi connectivity index (χ0) is 15.1. The summed E-state index contributed by atoms with van der Waals surface area (Å²) in [4.78, 5) is 28.4. The number of nitrogens with zero attached hydrogens (tertiary/aromatic N) is 2. The predicted octanol–water partition coefficient (Wildman–Crippen LogP) is 0.720. The fraction of sp³-hybridized carbons (Fsp3) is 0.875. The van der Waals surface area contributed by atoms with E-state index in [9.17, 15) is 14.7 Å². The van der Waals surface area contributed by atoms with E-state index in [1.807, 2.05) is 9.80 Å². The molecular formula is C16H26N2O3. The molecule has 2 saturated heterocycles. The lowest BCUT2D eigenvalue weighted by atomic mass is 10.00. The first-order valence-electron chi connectivity index (χ1n) is 8.20. The fourth-order valence-corrected chi connectivity index (χ4v) is 4.23. The lowest BCUT2D eigenvalue weighted by Gasteiger charge is -2.23. The topological polar surface area (TPSA) is 60.9 Å². The summed E-state index contributed by atoms with van der Waals surface area (Å²) in [6.45, 7) is 6.95. The minimum atomic E-state index is -0.240. The Morgan fingerprint density at radius 2 is 2.05 bits per heavy atom. The van der Waals surface area contributed by atoms with Crippen molar-refractivity contribution in [3.63, 3.8) is 0 Å². The van der Waals surface area contributed by atoms with Crippen LogP contribution >= 0.6 is 0 Å². The Hall–Kier alpha value is -1.10. The van der Waals surface area contributed by atoms with Crippen LogP contribution in [-0.4, -0.2) is 59.0 Å². The van der Waals surface area contributed by atoms with Crippen LogP contribution < -0.4 is 0 Å². The van der Waals surface area contributed by atoms with Gasteiger partial charge in [-0.2, -0.15) is 0 Å². The summed E-state index contributed by atoms with van der Waals surface area (Å²) < 4.78 is 0. The average Bonchev–Trinajstić information content (AvgIpc) is 3.07. The first kappa shape index (κ1) is 14.8. The normalized spacial score (nSPS) is 35.9. The summed E-state index contributed by atoms with van der Waals surface area (Å²) in [5, 5.41) is 9.95. The number of amides is 2. The van der Waals surface area contributed by atoms with Gasteiger partial charge in [-0.1, -0.05) is 13.8 Å². The average molecular weight is 294 g/mol. The summed E-state index contributed by atoms with van der Waals surface area (Å²) in [5.41, 5.74) is 0. The van der Waals surface area contributed by atoms with Gasteiger partial charge in [-0.05, 0) is 24.7 Å². The number of hydrogen-bond donors (Lipinski definition) is 1. The van der Waals surface area contributed by atoms with E-state index in [-0.39, 0.29) is 29.8 Å². The molecule has 0 aromatic rings. The van der Waals surface area contributed by atoms with Crippen molar-refractivity contribution < 1.29 is 14.7 Å². The number of carbonyl (C=O) groups excluding carboxylic acids is 2. The highest BCUT2D eigenvalue weighted by molar-refractivity contribution is 5.89. The van der Waals surface area contributed by atoms with E-state index in [1.165, 1.54) is 0 Å². The molecule has 0 radical (unpaired) electrons. The van der Waals surface area contributed by atoms with E-state index >= 15 is 0 Å². The fourth-order valence-electron chi connectivity index (χ4n) is 4.23. The Kier molecular flexibility index (Phi) is 3.95. The molecule has 1 saturated carbocycles. The molecule has 4 unspecified atom stereocenters. The second-order valence-electron chi connectivity index (χ2n) is 7.41. The van der Waals surface area contributed by atoms with Crippen LogP contribution in [0.25, 0.3) is 0 Å². The molecule has 3 fully saturated rings. The first-order valence-corrected chi connectivity index (χ1v) is 8.20. The number of rotatable bonds is 3. The number of fused-ring (bicyclic) bond motifs is 1. The van der Waals surface area contributed by atoms with E-state index in [2.05, 4.69) is 13.8 Å². The maximum absolute atomic E-state index is 12.6. The van der Waals surface area contributed by atoms with Crippen LogP contribution in [0.5, 0.6) is 0 Å². The van der Waals surface area contributed by atoms with Gasteiger partial charge in [0.15, 0.2) is 0 Å². The summed E-state index contributed by atoms with van der Waals surface area (Å²) in [6.07, 6.45) is 2.02. The number of hydrogen-bond acceptors (Lipinski definition) is 3. The third-order valence-electron chi connectivity index (χ3n) is 5.28. The SMILES string of the molecule is CC(C)CN1CC(C(=O)N2CC3CCC(O)C3C2)CC1=O. The third kappa shape index (κ3) is 2.80. The maximum Gasteiger partial charge on any atom is 0.228 e. The highest BCUT2D eigenvalue weighted by Gasteiger charge is 2.45. The zero-order valence-corrected chi connectivity index (χ0v) is 13.0. The van der Waals surface area contributed by atoms with Crippen LogP contribution in [0.4, 0.5) is 0 Å². The smallest absolute Gasteiger partial charge is 0.228 e. The van der Waals surface area contributed by atoms with Crippen LogP contribution in [0.15, 0.2) is 0 Å². The minimum Gasteiger partial charge on any atom is -0.393 e. The van der Waals surface area contributed by atoms with Gasteiger partial charge in [-0.25, -0.2) is 0 Å². The van der Waals surface area contributed by atoms with Gasteiger partial charge >= 0.3 is 0 Å². The van der Waals surface area contributed by atoms with Crippen LogP contribution in [0.1, 0.15) is 33.1 Å². The van der Waals surface area contributed by atoms with Crippen molar-refractivity contribution in [1.82, 2.24) is 9.80 Å². The standard InChI is InChI=1S/C16H26N2O3/c1-10(2)6-17-8-12(5-15(17)20)16(21)18-7-11-3-4-14(19)13(11)9-18/h10-14,19H,3-9H2,1-2H3. The molecule has 118 valence electrons. The number of aliphatic hydroxyl groups is 1. The second kappa shape index (κ2) is 5.59. The molecule has 3 rings (SSSR count). The van der Waals surface area contributed by atoms with E-state index in [0.717, 1.165) is 25.9 Å². The van der Waals surface area contributed by atoms with Gasteiger partial charge in [0.1, 0.15) is 0 Å². The van der Waals surface area contributed by atoms with Crippen molar-refractivity contribution in [2.75, 3.05) is 26.2 Å². The summed E-state index contributed by atoms with van der Waals surface area (Å²) in [6, 6.07) is 0. The Balaban J connectivity index is 1.58. The molecule has 21 heavy (non-hydrogen) atoms. The van der Waals surface area contributed by atoms with Crippen molar-refractivity contribution in [2.45, 2.75) is 39.2 Å². The quantitative estimate of drug-likeness (QED) is 0.834. The Morgan fingerprint density at radius 3 is 2.71 bits per heavy atom. The van der Waals surface area contributed by atoms with E-state index < -0.39 is 0 Å². The van der Waals surface area contributed by atoms with Crippen LogP contribution in [-0.2, 0) is 9.59 Å². The molecule has 3 aliphatic rings. The van der Waals surface area contributed by atoms with Crippen molar-refractivity contribution in [2.24, 2.45) is 23.7 Å². The number of likely N-dealkylation sites (tertiary alicyclic amines) is 2. The largest absolute Gasteiger partial charge is 0.393 e. The molecular weight excluding hydrogens is 268 g/mol. The molecule has 0 aromatic carbocycles. The van der Waals surface area contributed by atoms with Gasteiger partial charge in [-0.15, -0.1) is 0 Å². The van der Waals surface area contributed by atoms with E-state index in [4.69, 9.17) is 0 Å². The van der Waals surface area contributed by atoms with Crippen molar-refractivity contribution in [3.8, 4) is 0 Å². The van der Waals surface area contributed by atoms with Gasteiger partial charge in [0, 0.05) is 38.5 Å². The van der Waals surface area contributed by atoms with Crippen LogP contribution in [0.2, 0.25) is 0 Å². The highest BCUT2D eigenvalue weighted by Crippen LogP contribution is 2.39.